The smallest absolute Gasteiger partial charge is 0.230 e. The molecule has 0 aromatic carbocycles. The minimum absolute atomic E-state index is 0.115. The zero-order valence-electron chi connectivity index (χ0n) is 14.9. The van der Waals surface area contributed by atoms with Crippen LogP contribution in [0.4, 0.5) is 5.13 Å². The maximum absolute atomic E-state index is 12.1. The average Bonchev–Trinajstić information content (AvgIpc) is 3.22. The predicted octanol–water partition coefficient (Wildman–Crippen LogP) is 3.42. The van der Waals surface area contributed by atoms with Crippen LogP contribution in [0.25, 0.3) is 12.2 Å². The number of hydrogen-bond acceptors (Lipinski definition) is 6. The van der Waals surface area contributed by atoms with E-state index in [2.05, 4.69) is 39.9 Å². The van der Waals surface area contributed by atoms with Gasteiger partial charge in [0.1, 0.15) is 13.5 Å². The molecule has 0 atom stereocenters. The lowest BCUT2D eigenvalue weighted by Crippen LogP contribution is -2.36. The van der Waals surface area contributed by atoms with Gasteiger partial charge in [-0.25, -0.2) is 9.97 Å². The fourth-order valence-corrected chi connectivity index (χ4v) is 3.74. The van der Waals surface area contributed by atoms with Gasteiger partial charge in [-0.1, -0.05) is 37.0 Å². The van der Waals surface area contributed by atoms with Crippen LogP contribution in [-0.2, 0) is 11.2 Å². The maximum Gasteiger partial charge on any atom is 0.230 e. The molecule has 0 saturated carbocycles. The molecule has 0 unspecified atom stereocenters. The molecule has 1 amide bonds. The van der Waals surface area contributed by atoms with Crippen molar-refractivity contribution < 1.29 is 9.21 Å². The molecule has 8 heteroatoms. The number of nitrogens with one attached hydrogen (secondary N) is 1. The molecule has 3 aromatic heterocycles. The molecule has 6 nitrogen and oxygen atoms in total. The van der Waals surface area contributed by atoms with E-state index in [0.717, 1.165) is 15.8 Å². The van der Waals surface area contributed by atoms with Gasteiger partial charge in [0.2, 0.25) is 11.8 Å². The molecule has 0 aliphatic rings. The van der Waals surface area contributed by atoms with Gasteiger partial charge in [0.25, 0.3) is 0 Å². The Morgan fingerprint density at radius 3 is 2.77 bits per heavy atom. The highest BCUT2D eigenvalue weighted by atomic mass is 32.1. The number of nitrogens with zero attached hydrogens (tertiary/aromatic N) is 3. The van der Waals surface area contributed by atoms with Gasteiger partial charge < -0.3 is 9.73 Å². The van der Waals surface area contributed by atoms with Gasteiger partial charge in [-0.2, -0.15) is 0 Å². The third-order valence-electron chi connectivity index (χ3n) is 3.51. The minimum atomic E-state index is -1.49. The molecule has 3 heterocycles. The number of amides is 1. The van der Waals surface area contributed by atoms with E-state index >= 15 is 0 Å². The second-order valence-corrected chi connectivity index (χ2v) is 12.9. The molecule has 26 heavy (non-hydrogen) atoms. The van der Waals surface area contributed by atoms with Gasteiger partial charge >= 0.3 is 0 Å². The minimum Gasteiger partial charge on any atom is -0.447 e. The Bertz CT molecular complexity index is 913. The van der Waals surface area contributed by atoms with E-state index in [0.29, 0.717) is 11.0 Å². The van der Waals surface area contributed by atoms with Crippen molar-refractivity contribution in [1.29, 1.82) is 0 Å². The standard InChI is InChI=1S/C18H20N4O2SSi/c1-26(2,3)17-12-20-16(24-17)7-6-14-11-21-18(25-14)22-15(23)9-13-5-4-8-19-10-13/h4-8,10-12H,9H2,1-3H3,(H,21,22,23). The Hall–Kier alpha value is -2.58. The van der Waals surface area contributed by atoms with Crippen molar-refractivity contribution in [2.45, 2.75) is 26.1 Å². The van der Waals surface area contributed by atoms with Crippen molar-refractivity contribution in [3.8, 4) is 0 Å². The number of oxazole rings is 1. The third kappa shape index (κ3) is 4.96. The third-order valence-corrected chi connectivity index (χ3v) is 6.10. The van der Waals surface area contributed by atoms with Crippen LogP contribution in [0.5, 0.6) is 0 Å². The van der Waals surface area contributed by atoms with Gasteiger partial charge in [-0.05, 0) is 17.7 Å². The first-order valence-corrected chi connectivity index (χ1v) is 12.5. The van der Waals surface area contributed by atoms with Crippen LogP contribution in [0.3, 0.4) is 0 Å². The lowest BCUT2D eigenvalue weighted by molar-refractivity contribution is -0.115. The Kier molecular flexibility index (Phi) is 5.43. The van der Waals surface area contributed by atoms with Gasteiger partial charge in [0.05, 0.1) is 12.6 Å². The van der Waals surface area contributed by atoms with Gasteiger partial charge in [0, 0.05) is 29.5 Å². The van der Waals surface area contributed by atoms with E-state index in [-0.39, 0.29) is 12.3 Å². The van der Waals surface area contributed by atoms with Gasteiger partial charge in [0.15, 0.2) is 5.13 Å². The largest absolute Gasteiger partial charge is 0.447 e. The molecule has 0 radical (unpaired) electrons. The highest BCUT2D eigenvalue weighted by molar-refractivity contribution is 7.16. The normalized spacial score (nSPS) is 11.8. The number of carbonyl (C=O) groups excluding carboxylic acids is 1. The van der Waals surface area contributed by atoms with E-state index in [9.17, 15) is 4.79 Å². The first-order chi connectivity index (χ1) is 12.4. The van der Waals surface area contributed by atoms with Crippen LogP contribution >= 0.6 is 11.3 Å². The molecule has 0 saturated heterocycles. The summed E-state index contributed by atoms with van der Waals surface area (Å²) in [5.74, 6) is 0.466. The Morgan fingerprint density at radius 2 is 2.08 bits per heavy atom. The summed E-state index contributed by atoms with van der Waals surface area (Å²) in [6.45, 7) is 6.64. The molecule has 3 aromatic rings. The van der Waals surface area contributed by atoms with Crippen molar-refractivity contribution in [2.24, 2.45) is 0 Å². The first kappa shape index (κ1) is 18.2. The lowest BCUT2D eigenvalue weighted by Gasteiger charge is -2.09. The number of aromatic nitrogens is 3. The molecule has 0 spiro atoms. The molecular weight excluding hydrogens is 364 g/mol. The average molecular weight is 385 g/mol. The summed E-state index contributed by atoms with van der Waals surface area (Å²) in [7, 11) is -1.49. The van der Waals surface area contributed by atoms with Crippen LogP contribution in [0.15, 0.2) is 41.3 Å². The van der Waals surface area contributed by atoms with E-state index < -0.39 is 8.07 Å². The van der Waals surface area contributed by atoms with E-state index in [1.807, 2.05) is 30.5 Å². The molecule has 134 valence electrons. The van der Waals surface area contributed by atoms with Crippen LogP contribution in [0.2, 0.25) is 19.6 Å². The van der Waals surface area contributed by atoms with Gasteiger partial charge in [-0.3, -0.25) is 9.78 Å². The van der Waals surface area contributed by atoms with E-state index in [4.69, 9.17) is 4.42 Å². The monoisotopic (exact) mass is 384 g/mol. The molecule has 0 bridgehead atoms. The van der Waals surface area contributed by atoms with E-state index in [1.54, 1.807) is 18.6 Å². The van der Waals surface area contributed by atoms with Crippen molar-refractivity contribution in [1.82, 2.24) is 15.0 Å². The predicted molar refractivity (Wildman–Crippen MR) is 107 cm³/mol. The highest BCUT2D eigenvalue weighted by Crippen LogP contribution is 2.20. The fourth-order valence-electron chi connectivity index (χ4n) is 2.14. The van der Waals surface area contributed by atoms with Crippen molar-refractivity contribution in [3.63, 3.8) is 0 Å². The second-order valence-electron chi connectivity index (χ2n) is 6.80. The number of carbonyl (C=O) groups is 1. The number of thiazole rings is 1. The summed E-state index contributed by atoms with van der Waals surface area (Å²) in [4.78, 5) is 25.5. The number of hydrogen-bond donors (Lipinski definition) is 1. The zero-order chi connectivity index (χ0) is 18.6. The molecule has 0 fully saturated rings. The lowest BCUT2D eigenvalue weighted by atomic mass is 10.2. The van der Waals surface area contributed by atoms with Crippen LogP contribution < -0.4 is 10.7 Å². The molecular formula is C18H20N4O2SSi. The summed E-state index contributed by atoms with van der Waals surface area (Å²) in [5, 5.41) is 4.35. The first-order valence-electron chi connectivity index (χ1n) is 8.19. The fraction of sp³-hybridized carbons (Fsp3) is 0.222. The molecule has 0 aliphatic heterocycles. The topological polar surface area (TPSA) is 80.9 Å². The van der Waals surface area contributed by atoms with E-state index in [1.165, 1.54) is 11.3 Å². The zero-order valence-corrected chi connectivity index (χ0v) is 16.7. The second kappa shape index (κ2) is 7.75. The van der Waals surface area contributed by atoms with Gasteiger partial charge in [-0.15, -0.1) is 0 Å². The Balaban J connectivity index is 1.59. The Labute approximate surface area is 157 Å². The molecule has 1 N–H and O–H groups in total. The van der Waals surface area contributed by atoms with Crippen molar-refractivity contribution >= 4 is 48.0 Å². The van der Waals surface area contributed by atoms with Crippen molar-refractivity contribution in [3.05, 3.63) is 53.3 Å². The Morgan fingerprint density at radius 1 is 1.23 bits per heavy atom. The number of anilines is 1. The SMILES string of the molecule is C[Si](C)(C)c1cnc(C=Cc2cnc(NC(=O)Cc3cccnc3)s2)o1. The summed E-state index contributed by atoms with van der Waals surface area (Å²) in [6, 6.07) is 3.68. The molecule has 3 rings (SSSR count). The van der Waals surface area contributed by atoms with Crippen LogP contribution in [0, 0.1) is 0 Å². The summed E-state index contributed by atoms with van der Waals surface area (Å²) >= 11 is 1.40. The number of pyridine rings is 1. The summed E-state index contributed by atoms with van der Waals surface area (Å²) < 4.78 is 5.78. The highest BCUT2D eigenvalue weighted by Gasteiger charge is 2.21. The van der Waals surface area contributed by atoms with Crippen LogP contribution in [0.1, 0.15) is 16.3 Å². The summed E-state index contributed by atoms with van der Waals surface area (Å²) in [5.41, 5.74) is 0.865. The summed E-state index contributed by atoms with van der Waals surface area (Å²) in [6.07, 6.45) is 10.9. The van der Waals surface area contributed by atoms with Crippen molar-refractivity contribution in [2.75, 3.05) is 5.32 Å². The maximum atomic E-state index is 12.1. The molecule has 0 aliphatic carbocycles. The number of rotatable bonds is 6. The van der Waals surface area contributed by atoms with Crippen LogP contribution in [-0.4, -0.2) is 28.9 Å². The quantitative estimate of drug-likeness (QED) is 0.659.